The third-order valence-corrected chi connectivity index (χ3v) is 6.30. The van der Waals surface area contributed by atoms with Crippen LogP contribution in [0.15, 0.2) is 18.2 Å². The van der Waals surface area contributed by atoms with E-state index in [2.05, 4.69) is 15.4 Å². The lowest BCUT2D eigenvalue weighted by atomic mass is 9.88. The number of piperidine rings is 1. The summed E-state index contributed by atoms with van der Waals surface area (Å²) in [6.07, 6.45) is 7.16. The maximum atomic E-state index is 14.2. The first-order valence-corrected chi connectivity index (χ1v) is 12.2. The number of rotatable bonds is 5. The van der Waals surface area contributed by atoms with E-state index in [4.69, 9.17) is 0 Å². The minimum Gasteiger partial charge on any atom is -0.323 e. The van der Waals surface area contributed by atoms with Gasteiger partial charge in [0.25, 0.3) is 0 Å². The summed E-state index contributed by atoms with van der Waals surface area (Å²) in [5.41, 5.74) is 0.400. The molecular formula is C20H29FN4O4S. The molecule has 166 valence electrons. The highest BCUT2D eigenvalue weighted by molar-refractivity contribution is 7.88. The average Bonchev–Trinajstić information content (AvgIpc) is 2.70. The number of anilines is 2. The van der Waals surface area contributed by atoms with Gasteiger partial charge in [-0.3, -0.25) is 4.79 Å². The molecule has 0 bridgehead atoms. The molecule has 3 amide bonds. The van der Waals surface area contributed by atoms with Gasteiger partial charge >= 0.3 is 6.03 Å². The Morgan fingerprint density at radius 2 is 1.80 bits per heavy atom. The van der Waals surface area contributed by atoms with Crippen molar-refractivity contribution < 1.29 is 22.4 Å². The highest BCUT2D eigenvalue weighted by atomic mass is 32.2. The van der Waals surface area contributed by atoms with Crippen LogP contribution in [0.25, 0.3) is 0 Å². The molecule has 10 heteroatoms. The van der Waals surface area contributed by atoms with Gasteiger partial charge in [-0.15, -0.1) is 0 Å². The van der Waals surface area contributed by atoms with Gasteiger partial charge < -0.3 is 15.5 Å². The standard InChI is InChI=1S/C20H29FN4O4S/c1-30(28,29)24-16-8-5-11-25(13-16)20(27)22-15-9-10-17(21)18(12-15)23-19(26)14-6-3-2-4-7-14/h9-10,12,14,16,24H,2-8,11,13H2,1H3,(H,22,27)(H,23,26)/t16-/m0/s1. The molecular weight excluding hydrogens is 411 g/mol. The molecule has 0 radical (unpaired) electrons. The number of urea groups is 1. The number of carbonyl (C=O) groups is 2. The smallest absolute Gasteiger partial charge is 0.321 e. The lowest BCUT2D eigenvalue weighted by Crippen LogP contribution is -2.50. The minimum atomic E-state index is -3.35. The zero-order valence-electron chi connectivity index (χ0n) is 17.1. The number of nitrogens with zero attached hydrogens (tertiary/aromatic N) is 1. The Bertz CT molecular complexity index is 887. The van der Waals surface area contributed by atoms with Crippen LogP contribution in [-0.4, -0.2) is 50.6 Å². The normalized spacial score (nSPS) is 20.6. The van der Waals surface area contributed by atoms with Crippen molar-refractivity contribution in [3.8, 4) is 0 Å². The summed E-state index contributed by atoms with van der Waals surface area (Å²) in [5.74, 6) is -0.862. The first-order valence-electron chi connectivity index (χ1n) is 10.3. The predicted octanol–water partition coefficient (Wildman–Crippen LogP) is 2.89. The van der Waals surface area contributed by atoms with E-state index in [1.807, 2.05) is 0 Å². The molecule has 1 saturated carbocycles. The molecule has 1 aliphatic carbocycles. The Balaban J connectivity index is 1.61. The number of likely N-dealkylation sites (tertiary alicyclic amines) is 1. The number of amides is 3. The van der Waals surface area contributed by atoms with Crippen molar-refractivity contribution in [2.75, 3.05) is 30.0 Å². The van der Waals surface area contributed by atoms with E-state index in [9.17, 15) is 22.4 Å². The Hall–Kier alpha value is -2.20. The SMILES string of the molecule is CS(=O)(=O)N[C@H]1CCCN(C(=O)Nc2ccc(F)c(NC(=O)C3CCCCC3)c2)C1. The number of halogens is 1. The van der Waals surface area contributed by atoms with Gasteiger partial charge in [0.1, 0.15) is 5.82 Å². The summed E-state index contributed by atoms with van der Waals surface area (Å²) in [5, 5.41) is 5.36. The molecule has 1 heterocycles. The van der Waals surface area contributed by atoms with Crippen LogP contribution in [-0.2, 0) is 14.8 Å². The Labute approximate surface area is 176 Å². The van der Waals surface area contributed by atoms with Gasteiger partial charge in [-0.1, -0.05) is 19.3 Å². The van der Waals surface area contributed by atoms with Gasteiger partial charge in [0.15, 0.2) is 0 Å². The number of benzene rings is 1. The van der Waals surface area contributed by atoms with E-state index in [-0.39, 0.29) is 30.1 Å². The van der Waals surface area contributed by atoms with E-state index in [0.29, 0.717) is 25.1 Å². The molecule has 1 aromatic rings. The first-order chi connectivity index (χ1) is 14.2. The van der Waals surface area contributed by atoms with Crippen molar-refractivity contribution in [2.45, 2.75) is 51.0 Å². The molecule has 2 aliphatic rings. The van der Waals surface area contributed by atoms with Crippen LogP contribution in [0.2, 0.25) is 0 Å². The second kappa shape index (κ2) is 9.74. The predicted molar refractivity (Wildman–Crippen MR) is 113 cm³/mol. The van der Waals surface area contributed by atoms with Gasteiger partial charge in [-0.05, 0) is 43.9 Å². The maximum Gasteiger partial charge on any atom is 0.321 e. The lowest BCUT2D eigenvalue weighted by Gasteiger charge is -2.32. The largest absolute Gasteiger partial charge is 0.323 e. The fourth-order valence-electron chi connectivity index (χ4n) is 4.06. The lowest BCUT2D eigenvalue weighted by molar-refractivity contribution is -0.120. The molecule has 2 fully saturated rings. The molecule has 0 unspecified atom stereocenters. The number of nitrogens with one attached hydrogen (secondary N) is 3. The monoisotopic (exact) mass is 440 g/mol. The van der Waals surface area contributed by atoms with Crippen molar-refractivity contribution in [2.24, 2.45) is 5.92 Å². The number of sulfonamides is 1. The van der Waals surface area contributed by atoms with Crippen molar-refractivity contribution >= 4 is 33.3 Å². The average molecular weight is 441 g/mol. The van der Waals surface area contributed by atoms with Gasteiger partial charge in [0.05, 0.1) is 11.9 Å². The van der Waals surface area contributed by atoms with Gasteiger partial charge in [-0.2, -0.15) is 0 Å². The van der Waals surface area contributed by atoms with Crippen LogP contribution in [0.3, 0.4) is 0 Å². The molecule has 1 aliphatic heterocycles. The third kappa shape index (κ3) is 6.40. The summed E-state index contributed by atoms with van der Waals surface area (Å²) >= 11 is 0. The molecule has 1 saturated heterocycles. The summed E-state index contributed by atoms with van der Waals surface area (Å²) in [6, 6.07) is 3.31. The third-order valence-electron chi connectivity index (χ3n) is 5.54. The maximum absolute atomic E-state index is 14.2. The second-order valence-electron chi connectivity index (χ2n) is 8.12. The van der Waals surface area contributed by atoms with E-state index in [1.54, 1.807) is 0 Å². The van der Waals surface area contributed by atoms with Crippen molar-refractivity contribution in [1.29, 1.82) is 0 Å². The van der Waals surface area contributed by atoms with Crippen LogP contribution in [0.1, 0.15) is 44.9 Å². The Kier molecular flexibility index (Phi) is 7.30. The van der Waals surface area contributed by atoms with E-state index < -0.39 is 21.9 Å². The summed E-state index contributed by atoms with van der Waals surface area (Å²) in [7, 11) is -3.35. The molecule has 8 nitrogen and oxygen atoms in total. The van der Waals surface area contributed by atoms with Gasteiger partial charge in [0.2, 0.25) is 15.9 Å². The molecule has 1 aromatic carbocycles. The molecule has 30 heavy (non-hydrogen) atoms. The second-order valence-corrected chi connectivity index (χ2v) is 9.90. The number of carbonyl (C=O) groups excluding carboxylic acids is 2. The highest BCUT2D eigenvalue weighted by Crippen LogP contribution is 2.27. The van der Waals surface area contributed by atoms with Crippen LogP contribution in [0.5, 0.6) is 0 Å². The van der Waals surface area contributed by atoms with Crippen LogP contribution in [0.4, 0.5) is 20.6 Å². The van der Waals surface area contributed by atoms with E-state index >= 15 is 0 Å². The van der Waals surface area contributed by atoms with Gasteiger partial charge in [-0.25, -0.2) is 22.3 Å². The minimum absolute atomic E-state index is 0.0404. The molecule has 3 rings (SSSR count). The fourth-order valence-corrected chi connectivity index (χ4v) is 4.86. The Morgan fingerprint density at radius 3 is 2.50 bits per heavy atom. The highest BCUT2D eigenvalue weighted by Gasteiger charge is 2.26. The molecule has 3 N–H and O–H groups in total. The number of hydrogen-bond acceptors (Lipinski definition) is 4. The van der Waals surface area contributed by atoms with E-state index in [0.717, 1.165) is 38.4 Å². The zero-order valence-corrected chi connectivity index (χ0v) is 17.9. The van der Waals surface area contributed by atoms with Crippen LogP contribution in [0, 0.1) is 11.7 Å². The van der Waals surface area contributed by atoms with Crippen LogP contribution >= 0.6 is 0 Å². The summed E-state index contributed by atoms with van der Waals surface area (Å²) in [6.45, 7) is 0.756. The van der Waals surface area contributed by atoms with Crippen molar-refractivity contribution in [1.82, 2.24) is 9.62 Å². The topological polar surface area (TPSA) is 108 Å². The van der Waals surface area contributed by atoms with Crippen molar-refractivity contribution in [3.63, 3.8) is 0 Å². The first kappa shape index (κ1) is 22.5. The van der Waals surface area contributed by atoms with Crippen molar-refractivity contribution in [3.05, 3.63) is 24.0 Å². The summed E-state index contributed by atoms with van der Waals surface area (Å²) in [4.78, 5) is 26.5. The van der Waals surface area contributed by atoms with Crippen LogP contribution < -0.4 is 15.4 Å². The molecule has 0 aromatic heterocycles. The molecule has 1 atom stereocenters. The van der Waals surface area contributed by atoms with E-state index in [1.165, 1.54) is 23.1 Å². The summed E-state index contributed by atoms with van der Waals surface area (Å²) < 4.78 is 39.6. The number of hydrogen-bond donors (Lipinski definition) is 3. The van der Waals surface area contributed by atoms with Gasteiger partial charge in [0, 0.05) is 30.7 Å². The Morgan fingerprint density at radius 1 is 1.07 bits per heavy atom. The zero-order chi connectivity index (χ0) is 21.7. The molecule has 0 spiro atoms. The quantitative estimate of drug-likeness (QED) is 0.654. The fraction of sp³-hybridized carbons (Fsp3) is 0.600.